The van der Waals surface area contributed by atoms with Crippen LogP contribution < -0.4 is 4.90 Å². The minimum absolute atomic E-state index is 0.743. The van der Waals surface area contributed by atoms with E-state index in [1.165, 1.54) is 15.1 Å². The SMILES string of the molecule is Cc1c(CN2CCN(C)CC2)sc2c(N3CCOCC3)nc(-c3cccc4[nH]ccc34)nc12. The Bertz CT molecular complexity index is 1280. The standard InChI is InChI=1S/C25H30N6OS/c1-17-21(16-30-10-8-29(2)9-11-30)33-23-22(17)27-24(28-25(23)31-12-14-32-15-13-31)19-4-3-5-20-18(19)6-7-26-20/h3-7,26H,8-16H2,1-2H3. The Morgan fingerprint density at radius 1 is 1.03 bits per heavy atom. The Kier molecular flexibility index (Phi) is 5.54. The highest BCUT2D eigenvalue weighted by molar-refractivity contribution is 7.19. The first kappa shape index (κ1) is 21.0. The summed E-state index contributed by atoms with van der Waals surface area (Å²) in [6.07, 6.45) is 1.99. The Hall–Kier alpha value is -2.52. The summed E-state index contributed by atoms with van der Waals surface area (Å²) in [5.74, 6) is 1.87. The van der Waals surface area contributed by atoms with E-state index >= 15 is 0 Å². The number of nitrogens with zero attached hydrogens (tertiary/aromatic N) is 5. The zero-order chi connectivity index (χ0) is 22.4. The number of hydrogen-bond acceptors (Lipinski definition) is 7. The van der Waals surface area contributed by atoms with Gasteiger partial charge in [-0.25, -0.2) is 9.97 Å². The molecule has 172 valence electrons. The van der Waals surface area contributed by atoms with Gasteiger partial charge in [-0.15, -0.1) is 11.3 Å². The van der Waals surface area contributed by atoms with E-state index in [1.807, 2.05) is 17.5 Å². The smallest absolute Gasteiger partial charge is 0.162 e. The Labute approximate surface area is 198 Å². The fourth-order valence-electron chi connectivity index (χ4n) is 4.87. The molecule has 6 rings (SSSR count). The van der Waals surface area contributed by atoms with Crippen LogP contribution in [0.1, 0.15) is 10.4 Å². The predicted molar refractivity (Wildman–Crippen MR) is 135 cm³/mol. The number of benzene rings is 1. The molecule has 2 saturated heterocycles. The van der Waals surface area contributed by atoms with Gasteiger partial charge in [0, 0.05) is 73.4 Å². The summed E-state index contributed by atoms with van der Waals surface area (Å²) in [4.78, 5) is 22.4. The highest BCUT2D eigenvalue weighted by Gasteiger charge is 2.24. The van der Waals surface area contributed by atoms with Crippen molar-refractivity contribution in [2.24, 2.45) is 0 Å². The summed E-state index contributed by atoms with van der Waals surface area (Å²) in [6, 6.07) is 8.43. The van der Waals surface area contributed by atoms with E-state index < -0.39 is 0 Å². The van der Waals surface area contributed by atoms with Crippen molar-refractivity contribution in [1.82, 2.24) is 24.8 Å². The molecule has 0 amide bonds. The minimum atomic E-state index is 0.743. The second kappa shape index (κ2) is 8.68. The zero-order valence-electron chi connectivity index (χ0n) is 19.3. The highest BCUT2D eigenvalue weighted by Crippen LogP contribution is 2.39. The van der Waals surface area contributed by atoms with Crippen LogP contribution in [0.3, 0.4) is 0 Å². The molecule has 0 aliphatic carbocycles. The number of aryl methyl sites for hydroxylation is 1. The molecule has 8 heteroatoms. The van der Waals surface area contributed by atoms with Gasteiger partial charge >= 0.3 is 0 Å². The molecule has 1 N–H and O–H groups in total. The van der Waals surface area contributed by atoms with Gasteiger partial charge in [0.05, 0.1) is 23.4 Å². The number of piperazine rings is 1. The van der Waals surface area contributed by atoms with Crippen LogP contribution in [0, 0.1) is 6.92 Å². The molecular formula is C25H30N6OS. The lowest BCUT2D eigenvalue weighted by Gasteiger charge is -2.32. The van der Waals surface area contributed by atoms with Gasteiger partial charge in [0.1, 0.15) is 0 Å². The van der Waals surface area contributed by atoms with Crippen LogP contribution in [-0.2, 0) is 11.3 Å². The van der Waals surface area contributed by atoms with Crippen LogP contribution in [0.15, 0.2) is 30.5 Å². The van der Waals surface area contributed by atoms with Crippen molar-refractivity contribution in [3.8, 4) is 11.4 Å². The number of hydrogen-bond donors (Lipinski definition) is 1. The van der Waals surface area contributed by atoms with E-state index in [0.717, 1.165) is 92.7 Å². The van der Waals surface area contributed by atoms with Gasteiger partial charge in [0.15, 0.2) is 11.6 Å². The Morgan fingerprint density at radius 2 is 1.85 bits per heavy atom. The molecule has 2 aliphatic heterocycles. The zero-order valence-corrected chi connectivity index (χ0v) is 20.1. The predicted octanol–water partition coefficient (Wildman–Crippen LogP) is 3.73. The minimum Gasteiger partial charge on any atom is -0.378 e. The first-order valence-corrected chi connectivity index (χ1v) is 12.6. The number of ether oxygens (including phenoxy) is 1. The summed E-state index contributed by atoms with van der Waals surface area (Å²) < 4.78 is 6.85. The molecule has 2 aliphatic rings. The number of nitrogens with one attached hydrogen (secondary N) is 1. The molecule has 0 radical (unpaired) electrons. The topological polar surface area (TPSA) is 60.5 Å². The van der Waals surface area contributed by atoms with Crippen LogP contribution in [0.2, 0.25) is 0 Å². The largest absolute Gasteiger partial charge is 0.378 e. The molecule has 0 unspecified atom stereocenters. The maximum Gasteiger partial charge on any atom is 0.162 e. The monoisotopic (exact) mass is 462 g/mol. The van der Waals surface area contributed by atoms with Crippen molar-refractivity contribution in [2.45, 2.75) is 13.5 Å². The van der Waals surface area contributed by atoms with Gasteiger partial charge in [-0.3, -0.25) is 4.90 Å². The van der Waals surface area contributed by atoms with Crippen molar-refractivity contribution in [3.63, 3.8) is 0 Å². The van der Waals surface area contributed by atoms with Crippen molar-refractivity contribution in [2.75, 3.05) is 64.4 Å². The lowest BCUT2D eigenvalue weighted by atomic mass is 10.1. The molecule has 33 heavy (non-hydrogen) atoms. The van der Waals surface area contributed by atoms with Crippen LogP contribution in [0.25, 0.3) is 32.5 Å². The molecule has 7 nitrogen and oxygen atoms in total. The normalized spacial score (nSPS) is 18.5. The van der Waals surface area contributed by atoms with Gasteiger partial charge in [-0.1, -0.05) is 12.1 Å². The number of likely N-dealkylation sites (N-methyl/N-ethyl adjacent to an activating group) is 1. The van der Waals surface area contributed by atoms with E-state index in [4.69, 9.17) is 14.7 Å². The van der Waals surface area contributed by atoms with Crippen molar-refractivity contribution in [3.05, 3.63) is 40.9 Å². The van der Waals surface area contributed by atoms with Gasteiger partial charge < -0.3 is 19.5 Å². The number of thiophene rings is 1. The first-order valence-electron chi connectivity index (χ1n) is 11.8. The fraction of sp³-hybridized carbons (Fsp3) is 0.440. The third-order valence-electron chi connectivity index (χ3n) is 6.96. The Balaban J connectivity index is 1.47. The number of aromatic nitrogens is 3. The molecule has 3 aromatic heterocycles. The third-order valence-corrected chi connectivity index (χ3v) is 8.22. The van der Waals surface area contributed by atoms with Crippen molar-refractivity contribution in [1.29, 1.82) is 0 Å². The average molecular weight is 463 g/mol. The summed E-state index contributed by atoms with van der Waals surface area (Å²) in [5, 5.41) is 1.16. The summed E-state index contributed by atoms with van der Waals surface area (Å²) in [7, 11) is 2.21. The number of rotatable bonds is 4. The van der Waals surface area contributed by atoms with Crippen molar-refractivity contribution < 1.29 is 4.74 Å². The molecule has 0 atom stereocenters. The fourth-order valence-corrected chi connectivity index (χ4v) is 6.17. The average Bonchev–Trinajstić information content (AvgIpc) is 3.45. The van der Waals surface area contributed by atoms with Crippen LogP contribution in [0.5, 0.6) is 0 Å². The molecular weight excluding hydrogens is 432 g/mol. The second-order valence-corrected chi connectivity index (χ2v) is 10.2. The van der Waals surface area contributed by atoms with Crippen LogP contribution in [0.4, 0.5) is 5.82 Å². The van der Waals surface area contributed by atoms with E-state index in [2.05, 4.69) is 57.9 Å². The lowest BCUT2D eigenvalue weighted by molar-refractivity contribution is 0.122. The van der Waals surface area contributed by atoms with Gasteiger partial charge in [0.2, 0.25) is 0 Å². The van der Waals surface area contributed by atoms with Gasteiger partial charge in [-0.05, 0) is 31.7 Å². The van der Waals surface area contributed by atoms with Crippen LogP contribution >= 0.6 is 11.3 Å². The van der Waals surface area contributed by atoms with Gasteiger partial charge in [-0.2, -0.15) is 0 Å². The maximum atomic E-state index is 5.64. The number of H-pyrrole nitrogens is 1. The number of morpholine rings is 1. The molecule has 0 saturated carbocycles. The number of anilines is 1. The molecule has 1 aromatic carbocycles. The number of fused-ring (bicyclic) bond motifs is 2. The summed E-state index contributed by atoms with van der Waals surface area (Å²) in [6.45, 7) is 10.9. The van der Waals surface area contributed by atoms with E-state index in [1.54, 1.807) is 0 Å². The molecule has 2 fully saturated rings. The Morgan fingerprint density at radius 3 is 2.67 bits per heavy atom. The van der Waals surface area contributed by atoms with Crippen molar-refractivity contribution >= 4 is 38.3 Å². The van der Waals surface area contributed by atoms with E-state index in [0.29, 0.717) is 0 Å². The third kappa shape index (κ3) is 3.91. The molecule has 0 spiro atoms. The summed E-state index contributed by atoms with van der Waals surface area (Å²) in [5.41, 5.74) is 4.59. The molecule has 5 heterocycles. The van der Waals surface area contributed by atoms with Crippen LogP contribution in [-0.4, -0.2) is 84.3 Å². The maximum absolute atomic E-state index is 5.64. The first-order chi connectivity index (χ1) is 16.2. The van der Waals surface area contributed by atoms with Gasteiger partial charge in [0.25, 0.3) is 0 Å². The second-order valence-electron chi connectivity index (χ2n) is 9.12. The van der Waals surface area contributed by atoms with E-state index in [9.17, 15) is 0 Å². The highest BCUT2D eigenvalue weighted by atomic mass is 32.1. The summed E-state index contributed by atoms with van der Waals surface area (Å²) >= 11 is 1.88. The number of aromatic amines is 1. The molecule has 4 aromatic rings. The molecule has 0 bridgehead atoms. The lowest BCUT2D eigenvalue weighted by Crippen LogP contribution is -2.43. The van der Waals surface area contributed by atoms with E-state index in [-0.39, 0.29) is 0 Å². The quantitative estimate of drug-likeness (QED) is 0.499.